The summed E-state index contributed by atoms with van der Waals surface area (Å²) in [6, 6.07) is 1.69. The minimum Gasteiger partial charge on any atom is -0.386 e. The summed E-state index contributed by atoms with van der Waals surface area (Å²) >= 11 is 1.52. The number of carbonyl (C=O) groups is 1. The van der Waals surface area contributed by atoms with Crippen LogP contribution in [-0.4, -0.2) is 22.9 Å². The molecule has 0 fully saturated rings. The molecule has 0 saturated heterocycles. The van der Waals surface area contributed by atoms with Gasteiger partial charge in [-0.05, 0) is 6.07 Å². The molecule has 0 spiro atoms. The maximum atomic E-state index is 11.9. The van der Waals surface area contributed by atoms with E-state index < -0.39 is 0 Å². The van der Waals surface area contributed by atoms with Gasteiger partial charge in [-0.25, -0.2) is 0 Å². The Morgan fingerprint density at radius 3 is 3.00 bits per heavy atom. The predicted molar refractivity (Wildman–Crippen MR) is 67.1 cm³/mol. The summed E-state index contributed by atoms with van der Waals surface area (Å²) in [7, 11) is 1.76. The third-order valence-corrected chi connectivity index (χ3v) is 3.02. The number of pyridine rings is 1. The fourth-order valence-electron chi connectivity index (χ4n) is 1.38. The molecule has 6 heteroatoms. The molecule has 2 N–H and O–H groups in total. The summed E-state index contributed by atoms with van der Waals surface area (Å²) in [6.07, 6.45) is 4.97. The molecule has 2 aromatic rings. The molecule has 88 valence electrons. The van der Waals surface area contributed by atoms with Crippen LogP contribution >= 0.6 is 11.3 Å². The standard InChI is InChI=1S/C11H12N4OS/c1-12-10-6-13-3-2-9(10)11(16)15-5-8-4-14-7-17-8/h2-4,6-7,12H,5H2,1H3,(H,15,16). The van der Waals surface area contributed by atoms with Gasteiger partial charge in [0, 0.05) is 24.3 Å². The molecule has 2 rings (SSSR count). The second-order valence-corrected chi connectivity index (χ2v) is 4.29. The molecule has 0 bridgehead atoms. The van der Waals surface area contributed by atoms with Gasteiger partial charge in [-0.1, -0.05) is 0 Å². The molecular weight excluding hydrogens is 236 g/mol. The van der Waals surface area contributed by atoms with Crippen LogP contribution in [0.15, 0.2) is 30.2 Å². The van der Waals surface area contributed by atoms with Crippen molar-refractivity contribution in [3.8, 4) is 0 Å². The van der Waals surface area contributed by atoms with Crippen LogP contribution < -0.4 is 10.6 Å². The Balaban J connectivity index is 2.04. The zero-order valence-electron chi connectivity index (χ0n) is 9.30. The first-order chi connectivity index (χ1) is 8.31. The normalized spacial score (nSPS) is 9.94. The van der Waals surface area contributed by atoms with Crippen molar-refractivity contribution in [3.63, 3.8) is 0 Å². The van der Waals surface area contributed by atoms with E-state index in [0.717, 1.165) is 4.88 Å². The van der Waals surface area contributed by atoms with Gasteiger partial charge in [0.15, 0.2) is 0 Å². The Morgan fingerprint density at radius 1 is 1.41 bits per heavy atom. The molecule has 0 unspecified atom stereocenters. The Labute approximate surface area is 103 Å². The molecule has 0 radical (unpaired) electrons. The molecule has 0 aromatic carbocycles. The van der Waals surface area contributed by atoms with Gasteiger partial charge in [-0.3, -0.25) is 14.8 Å². The number of rotatable bonds is 4. The van der Waals surface area contributed by atoms with Crippen molar-refractivity contribution in [2.24, 2.45) is 0 Å². The quantitative estimate of drug-likeness (QED) is 0.860. The van der Waals surface area contributed by atoms with Gasteiger partial charge in [-0.15, -0.1) is 11.3 Å². The SMILES string of the molecule is CNc1cnccc1C(=O)NCc1cncs1. The molecule has 0 aliphatic rings. The lowest BCUT2D eigenvalue weighted by molar-refractivity contribution is 0.0952. The minimum atomic E-state index is -0.120. The summed E-state index contributed by atoms with van der Waals surface area (Å²) in [5, 5.41) is 5.78. The Bertz CT molecular complexity index is 498. The third kappa shape index (κ3) is 2.79. The molecule has 0 saturated carbocycles. The van der Waals surface area contributed by atoms with Gasteiger partial charge in [0.25, 0.3) is 5.91 Å². The summed E-state index contributed by atoms with van der Waals surface area (Å²) in [4.78, 5) is 20.9. The fourth-order valence-corrected chi connectivity index (χ4v) is 1.92. The molecule has 17 heavy (non-hydrogen) atoms. The molecule has 2 heterocycles. The highest BCUT2D eigenvalue weighted by Gasteiger charge is 2.10. The van der Waals surface area contributed by atoms with E-state index in [2.05, 4.69) is 20.6 Å². The Hall–Kier alpha value is -1.95. The second-order valence-electron chi connectivity index (χ2n) is 3.32. The molecule has 0 aliphatic heterocycles. The highest BCUT2D eigenvalue weighted by atomic mass is 32.1. The number of thiazole rings is 1. The zero-order valence-corrected chi connectivity index (χ0v) is 10.1. The zero-order chi connectivity index (χ0) is 12.1. The highest BCUT2D eigenvalue weighted by molar-refractivity contribution is 7.09. The van der Waals surface area contributed by atoms with E-state index in [4.69, 9.17) is 0 Å². The van der Waals surface area contributed by atoms with E-state index in [1.165, 1.54) is 11.3 Å². The fraction of sp³-hybridized carbons (Fsp3) is 0.182. The van der Waals surface area contributed by atoms with Crippen LogP contribution in [0.3, 0.4) is 0 Å². The first-order valence-corrected chi connectivity index (χ1v) is 5.96. The number of amides is 1. The lowest BCUT2D eigenvalue weighted by Gasteiger charge is -2.08. The first kappa shape index (κ1) is 11.5. The van der Waals surface area contributed by atoms with Crippen LogP contribution in [0.25, 0.3) is 0 Å². The summed E-state index contributed by atoms with van der Waals surface area (Å²) in [5.74, 6) is -0.120. The molecule has 1 amide bonds. The number of nitrogens with one attached hydrogen (secondary N) is 2. The van der Waals surface area contributed by atoms with E-state index in [9.17, 15) is 4.79 Å². The second kappa shape index (κ2) is 5.40. The van der Waals surface area contributed by atoms with Crippen molar-refractivity contribution < 1.29 is 4.79 Å². The number of nitrogens with zero attached hydrogens (tertiary/aromatic N) is 2. The minimum absolute atomic E-state index is 0.120. The van der Waals surface area contributed by atoms with Gasteiger partial charge < -0.3 is 10.6 Å². The van der Waals surface area contributed by atoms with Crippen molar-refractivity contribution in [1.29, 1.82) is 0 Å². The smallest absolute Gasteiger partial charge is 0.253 e. The van der Waals surface area contributed by atoms with Crippen molar-refractivity contribution in [2.45, 2.75) is 6.54 Å². The lowest BCUT2D eigenvalue weighted by Crippen LogP contribution is -2.23. The van der Waals surface area contributed by atoms with Gasteiger partial charge in [0.1, 0.15) is 0 Å². The van der Waals surface area contributed by atoms with E-state index >= 15 is 0 Å². The van der Waals surface area contributed by atoms with Gasteiger partial charge >= 0.3 is 0 Å². The van der Waals surface area contributed by atoms with Crippen molar-refractivity contribution in [1.82, 2.24) is 15.3 Å². The summed E-state index contributed by atoms with van der Waals surface area (Å²) < 4.78 is 0. The van der Waals surface area contributed by atoms with Crippen molar-refractivity contribution in [2.75, 3.05) is 12.4 Å². The van der Waals surface area contributed by atoms with Crippen molar-refractivity contribution in [3.05, 3.63) is 40.6 Å². The highest BCUT2D eigenvalue weighted by Crippen LogP contribution is 2.12. The van der Waals surface area contributed by atoms with Crippen LogP contribution in [0, 0.1) is 0 Å². The summed E-state index contributed by atoms with van der Waals surface area (Å²) in [5.41, 5.74) is 3.05. The number of hydrogen-bond acceptors (Lipinski definition) is 5. The van der Waals surface area contributed by atoms with Crippen molar-refractivity contribution >= 4 is 22.9 Å². The Kier molecular flexibility index (Phi) is 3.66. The maximum absolute atomic E-state index is 11.9. The molecule has 2 aromatic heterocycles. The van der Waals surface area contributed by atoms with Crippen LogP contribution in [0.2, 0.25) is 0 Å². The average Bonchev–Trinajstić information content (AvgIpc) is 2.89. The Morgan fingerprint density at radius 2 is 2.29 bits per heavy atom. The van der Waals surface area contributed by atoms with Gasteiger partial charge in [-0.2, -0.15) is 0 Å². The lowest BCUT2D eigenvalue weighted by atomic mass is 10.2. The monoisotopic (exact) mass is 248 g/mol. The first-order valence-electron chi connectivity index (χ1n) is 5.08. The molecule has 0 aliphatic carbocycles. The van der Waals surface area contributed by atoms with E-state index in [1.807, 2.05) is 0 Å². The largest absolute Gasteiger partial charge is 0.386 e. The van der Waals surface area contributed by atoms with Crippen LogP contribution in [0.5, 0.6) is 0 Å². The van der Waals surface area contributed by atoms with E-state index in [-0.39, 0.29) is 5.91 Å². The van der Waals surface area contributed by atoms with Crippen LogP contribution in [0.4, 0.5) is 5.69 Å². The van der Waals surface area contributed by atoms with Gasteiger partial charge in [0.05, 0.1) is 29.5 Å². The van der Waals surface area contributed by atoms with Gasteiger partial charge in [0.2, 0.25) is 0 Å². The van der Waals surface area contributed by atoms with Crippen LogP contribution in [-0.2, 0) is 6.54 Å². The maximum Gasteiger partial charge on any atom is 0.253 e. The molecule has 0 atom stereocenters. The van der Waals surface area contributed by atoms with E-state index in [1.54, 1.807) is 37.2 Å². The summed E-state index contributed by atoms with van der Waals surface area (Å²) in [6.45, 7) is 0.495. The van der Waals surface area contributed by atoms with E-state index in [0.29, 0.717) is 17.8 Å². The number of carbonyl (C=O) groups excluding carboxylic acids is 1. The predicted octanol–water partition coefficient (Wildman–Crippen LogP) is 1.51. The third-order valence-electron chi connectivity index (χ3n) is 2.24. The topological polar surface area (TPSA) is 66.9 Å². The number of hydrogen-bond donors (Lipinski definition) is 2. The van der Waals surface area contributed by atoms with Crippen LogP contribution in [0.1, 0.15) is 15.2 Å². The average molecular weight is 248 g/mol. The molecular formula is C11H12N4OS. The molecule has 5 nitrogen and oxygen atoms in total. The number of aromatic nitrogens is 2. The number of anilines is 1.